The lowest BCUT2D eigenvalue weighted by atomic mass is 10.3. The van der Waals surface area contributed by atoms with E-state index in [0.717, 1.165) is 0 Å². The van der Waals surface area contributed by atoms with Crippen molar-refractivity contribution < 1.29 is 14.6 Å². The molecule has 1 amide bonds. The molecule has 6 nitrogen and oxygen atoms in total. The molecular weight excluding hydrogens is 232 g/mol. The molecule has 2 aromatic rings. The van der Waals surface area contributed by atoms with E-state index < -0.39 is 5.91 Å². The normalized spacial score (nSPS) is 10.3. The number of carbonyl (C=O) groups is 1. The van der Waals surface area contributed by atoms with Crippen molar-refractivity contribution in [2.45, 2.75) is 6.54 Å². The van der Waals surface area contributed by atoms with Crippen molar-refractivity contribution in [2.24, 2.45) is 7.05 Å². The molecule has 0 unspecified atom stereocenters. The Balaban J connectivity index is 2.07. The SMILES string of the molecule is C[n+]1ccn(CC(=O)N(O)c2ccc(N)cc2)c1. The zero-order valence-electron chi connectivity index (χ0n) is 10.0. The largest absolute Gasteiger partial charge is 0.399 e. The number of carbonyl (C=O) groups excluding carboxylic acids is 1. The van der Waals surface area contributed by atoms with Crippen LogP contribution in [0.15, 0.2) is 43.0 Å². The first-order chi connectivity index (χ1) is 8.56. The molecule has 0 aliphatic heterocycles. The molecule has 94 valence electrons. The number of nitrogen functional groups attached to an aromatic ring is 1. The molecule has 0 saturated heterocycles. The minimum Gasteiger partial charge on any atom is -0.399 e. The highest BCUT2D eigenvalue weighted by Gasteiger charge is 2.16. The summed E-state index contributed by atoms with van der Waals surface area (Å²) in [7, 11) is 1.86. The molecular formula is C12H15N4O2+. The number of imidazole rings is 1. The van der Waals surface area contributed by atoms with Crippen LogP contribution in [-0.2, 0) is 18.4 Å². The lowest BCUT2D eigenvalue weighted by Crippen LogP contribution is -2.31. The summed E-state index contributed by atoms with van der Waals surface area (Å²) in [6.45, 7) is 0.0711. The molecule has 0 aliphatic carbocycles. The van der Waals surface area contributed by atoms with E-state index in [1.54, 1.807) is 41.4 Å². The first-order valence-corrected chi connectivity index (χ1v) is 5.44. The first-order valence-electron chi connectivity index (χ1n) is 5.44. The maximum absolute atomic E-state index is 11.8. The summed E-state index contributed by atoms with van der Waals surface area (Å²) in [5.74, 6) is -0.420. The number of benzene rings is 1. The number of aryl methyl sites for hydroxylation is 1. The number of aromatic nitrogens is 2. The Morgan fingerprint density at radius 1 is 1.44 bits per heavy atom. The molecule has 0 aliphatic rings. The van der Waals surface area contributed by atoms with Crippen molar-refractivity contribution in [3.8, 4) is 0 Å². The predicted molar refractivity (Wildman–Crippen MR) is 65.7 cm³/mol. The van der Waals surface area contributed by atoms with E-state index in [1.165, 1.54) is 0 Å². The summed E-state index contributed by atoms with van der Waals surface area (Å²) in [5.41, 5.74) is 6.51. The third-order valence-electron chi connectivity index (χ3n) is 2.52. The fourth-order valence-electron chi connectivity index (χ4n) is 1.58. The molecule has 0 spiro atoms. The molecule has 0 fully saturated rings. The van der Waals surface area contributed by atoms with Crippen LogP contribution in [0.3, 0.4) is 0 Å². The zero-order chi connectivity index (χ0) is 13.1. The Morgan fingerprint density at radius 2 is 2.11 bits per heavy atom. The number of hydroxylamine groups is 1. The number of amides is 1. The van der Waals surface area contributed by atoms with Crippen LogP contribution in [0.2, 0.25) is 0 Å². The average Bonchev–Trinajstić information content (AvgIpc) is 2.75. The van der Waals surface area contributed by atoms with Crippen LogP contribution in [0, 0.1) is 0 Å². The highest BCUT2D eigenvalue weighted by Crippen LogP contribution is 2.14. The van der Waals surface area contributed by atoms with Gasteiger partial charge in [0, 0.05) is 5.69 Å². The summed E-state index contributed by atoms with van der Waals surface area (Å²) in [5, 5.41) is 10.4. The van der Waals surface area contributed by atoms with E-state index in [9.17, 15) is 10.0 Å². The molecule has 6 heteroatoms. The minimum absolute atomic E-state index is 0.0711. The number of nitrogens with two attached hydrogens (primary N) is 1. The second-order valence-electron chi connectivity index (χ2n) is 4.05. The van der Waals surface area contributed by atoms with Gasteiger partial charge in [-0.1, -0.05) is 0 Å². The van der Waals surface area contributed by atoms with Gasteiger partial charge in [-0.15, -0.1) is 0 Å². The summed E-state index contributed by atoms with van der Waals surface area (Å²) in [6.07, 6.45) is 5.33. The van der Waals surface area contributed by atoms with Crippen LogP contribution in [0.1, 0.15) is 0 Å². The van der Waals surface area contributed by atoms with Gasteiger partial charge in [0.15, 0.2) is 6.54 Å². The number of nitrogens with zero attached hydrogens (tertiary/aromatic N) is 3. The van der Waals surface area contributed by atoms with Gasteiger partial charge in [0.1, 0.15) is 12.4 Å². The smallest absolute Gasteiger partial charge is 0.292 e. The van der Waals surface area contributed by atoms with Crippen LogP contribution in [-0.4, -0.2) is 15.7 Å². The first kappa shape index (κ1) is 12.1. The number of rotatable bonds is 3. The van der Waals surface area contributed by atoms with E-state index in [4.69, 9.17) is 5.73 Å². The van der Waals surface area contributed by atoms with E-state index in [0.29, 0.717) is 16.4 Å². The molecule has 2 rings (SSSR count). The Morgan fingerprint density at radius 3 is 2.67 bits per heavy atom. The Hall–Kier alpha value is -2.34. The monoisotopic (exact) mass is 247 g/mol. The van der Waals surface area contributed by atoms with Crippen molar-refractivity contribution >= 4 is 17.3 Å². The molecule has 1 heterocycles. The summed E-state index contributed by atoms with van der Waals surface area (Å²) >= 11 is 0. The van der Waals surface area contributed by atoms with E-state index >= 15 is 0 Å². The lowest BCUT2D eigenvalue weighted by molar-refractivity contribution is -0.671. The van der Waals surface area contributed by atoms with Crippen molar-refractivity contribution in [3.05, 3.63) is 43.0 Å². The highest BCUT2D eigenvalue weighted by molar-refractivity contribution is 5.90. The molecule has 1 aromatic heterocycles. The van der Waals surface area contributed by atoms with Gasteiger partial charge in [-0.3, -0.25) is 10.0 Å². The predicted octanol–water partition coefficient (Wildman–Crippen LogP) is 0.317. The van der Waals surface area contributed by atoms with Crippen molar-refractivity contribution in [3.63, 3.8) is 0 Å². The fourth-order valence-corrected chi connectivity index (χ4v) is 1.58. The molecule has 0 radical (unpaired) electrons. The van der Waals surface area contributed by atoms with E-state index in [-0.39, 0.29) is 6.54 Å². The summed E-state index contributed by atoms with van der Waals surface area (Å²) in [6, 6.07) is 6.43. The summed E-state index contributed by atoms with van der Waals surface area (Å²) < 4.78 is 3.50. The third-order valence-corrected chi connectivity index (χ3v) is 2.52. The minimum atomic E-state index is -0.420. The second-order valence-corrected chi connectivity index (χ2v) is 4.05. The highest BCUT2D eigenvalue weighted by atomic mass is 16.5. The van der Waals surface area contributed by atoms with Gasteiger partial charge in [-0.2, -0.15) is 5.06 Å². The standard InChI is InChI=1S/C12H15N4O2/c1-14-6-7-15(9-14)8-12(17)16(18)11-4-2-10(13)3-5-11/h2-7,9,18H,8,13H2,1H3/q+1. The molecule has 0 atom stereocenters. The van der Waals surface area contributed by atoms with Crippen LogP contribution in [0.5, 0.6) is 0 Å². The molecule has 3 N–H and O–H groups in total. The Labute approximate surface area is 104 Å². The van der Waals surface area contributed by atoms with Crippen LogP contribution in [0.4, 0.5) is 11.4 Å². The lowest BCUT2D eigenvalue weighted by Gasteiger charge is -2.13. The van der Waals surface area contributed by atoms with Crippen LogP contribution < -0.4 is 15.4 Å². The van der Waals surface area contributed by atoms with Crippen molar-refractivity contribution in [2.75, 3.05) is 10.8 Å². The van der Waals surface area contributed by atoms with Crippen molar-refractivity contribution in [1.82, 2.24) is 4.57 Å². The fraction of sp³-hybridized carbons (Fsp3) is 0.167. The van der Waals surface area contributed by atoms with Crippen molar-refractivity contribution in [1.29, 1.82) is 0 Å². The Kier molecular flexibility index (Phi) is 3.29. The number of hydrogen-bond acceptors (Lipinski definition) is 3. The average molecular weight is 247 g/mol. The van der Waals surface area contributed by atoms with Gasteiger partial charge >= 0.3 is 0 Å². The maximum Gasteiger partial charge on any atom is 0.292 e. The third kappa shape index (κ3) is 2.67. The number of anilines is 2. The van der Waals surface area contributed by atoms with Gasteiger partial charge in [-0.05, 0) is 24.3 Å². The quantitative estimate of drug-likeness (QED) is 0.355. The molecule has 1 aromatic carbocycles. The maximum atomic E-state index is 11.8. The topological polar surface area (TPSA) is 75.4 Å². The molecule has 0 saturated carbocycles. The number of hydrogen-bond donors (Lipinski definition) is 2. The Bertz CT molecular complexity index is 547. The van der Waals surface area contributed by atoms with Crippen LogP contribution in [0.25, 0.3) is 0 Å². The van der Waals surface area contributed by atoms with Gasteiger partial charge in [0.05, 0.1) is 12.7 Å². The molecule has 0 bridgehead atoms. The summed E-state index contributed by atoms with van der Waals surface area (Å²) in [4.78, 5) is 11.8. The van der Waals surface area contributed by atoms with Gasteiger partial charge in [0.25, 0.3) is 5.91 Å². The van der Waals surface area contributed by atoms with Gasteiger partial charge < -0.3 is 5.73 Å². The second kappa shape index (κ2) is 4.89. The van der Waals surface area contributed by atoms with E-state index in [2.05, 4.69) is 0 Å². The zero-order valence-corrected chi connectivity index (χ0v) is 10.0. The van der Waals surface area contributed by atoms with Gasteiger partial charge in [0.2, 0.25) is 6.33 Å². The van der Waals surface area contributed by atoms with E-state index in [1.807, 2.05) is 17.8 Å². The molecule has 18 heavy (non-hydrogen) atoms. The van der Waals surface area contributed by atoms with Gasteiger partial charge in [-0.25, -0.2) is 9.13 Å². The van der Waals surface area contributed by atoms with Crippen LogP contribution >= 0.6 is 0 Å².